The van der Waals surface area contributed by atoms with Gasteiger partial charge >= 0.3 is 6.09 Å². The van der Waals surface area contributed by atoms with E-state index in [1.807, 2.05) is 20.8 Å². The van der Waals surface area contributed by atoms with Gasteiger partial charge in [-0.25, -0.2) is 10.2 Å². The molecule has 4 nitrogen and oxygen atoms in total. The summed E-state index contributed by atoms with van der Waals surface area (Å²) in [5.41, 5.74) is 7.87. The summed E-state index contributed by atoms with van der Waals surface area (Å²) < 4.78 is 5.17. The van der Waals surface area contributed by atoms with Crippen LogP contribution in [0.5, 0.6) is 0 Å². The molecule has 0 unspecified atom stereocenters. The Hall–Kier alpha value is -1.55. The van der Waals surface area contributed by atoms with Crippen LogP contribution in [0.1, 0.15) is 50.7 Å². The van der Waals surface area contributed by atoms with Gasteiger partial charge in [-0.05, 0) is 52.0 Å². The molecule has 1 aromatic carbocycles. The smallest absolute Gasteiger partial charge is 0.422 e. The molecule has 110 valence electrons. The van der Waals surface area contributed by atoms with Gasteiger partial charge in [0.25, 0.3) is 0 Å². The zero-order valence-corrected chi connectivity index (χ0v) is 12.7. The molecule has 20 heavy (non-hydrogen) atoms. The van der Waals surface area contributed by atoms with Crippen molar-refractivity contribution in [3.8, 4) is 0 Å². The molecule has 2 N–H and O–H groups in total. The molecule has 0 saturated heterocycles. The van der Waals surface area contributed by atoms with Crippen molar-refractivity contribution in [2.45, 2.75) is 58.1 Å². The first kappa shape index (κ1) is 14.9. The maximum absolute atomic E-state index is 11.5. The predicted octanol–water partition coefficient (Wildman–Crippen LogP) is 3.27. The molecule has 0 spiro atoms. The Morgan fingerprint density at radius 1 is 1.30 bits per heavy atom. The first-order valence-corrected chi connectivity index (χ1v) is 7.14. The van der Waals surface area contributed by atoms with Crippen LogP contribution in [0.2, 0.25) is 0 Å². The molecule has 0 aliphatic heterocycles. The molecule has 0 atom stereocenters. The van der Waals surface area contributed by atoms with Crippen LogP contribution in [0.3, 0.4) is 0 Å². The van der Waals surface area contributed by atoms with Gasteiger partial charge in [-0.2, -0.15) is 0 Å². The molecule has 1 aliphatic carbocycles. The van der Waals surface area contributed by atoms with Crippen molar-refractivity contribution in [3.05, 3.63) is 35.4 Å². The van der Waals surface area contributed by atoms with E-state index in [1.165, 1.54) is 11.1 Å². The number of carbonyl (C=O) groups excluding carboxylic acids is 1. The third-order valence-electron chi connectivity index (χ3n) is 3.43. The second-order valence-corrected chi connectivity index (χ2v) is 6.55. The van der Waals surface area contributed by atoms with Crippen LogP contribution in [0.25, 0.3) is 0 Å². The molecular weight excluding hydrogens is 252 g/mol. The second-order valence-electron chi connectivity index (χ2n) is 6.55. The van der Waals surface area contributed by atoms with E-state index < -0.39 is 11.7 Å². The normalized spacial score (nSPS) is 22.0. The number of ether oxygens (including phenoxy) is 1. The Morgan fingerprint density at radius 2 is 2.00 bits per heavy atom. The molecule has 1 aliphatic rings. The minimum absolute atomic E-state index is 0.327. The van der Waals surface area contributed by atoms with E-state index in [-0.39, 0.29) is 0 Å². The fourth-order valence-electron chi connectivity index (χ4n) is 2.40. The average molecular weight is 276 g/mol. The lowest BCUT2D eigenvalue weighted by Crippen LogP contribution is -2.50. The van der Waals surface area contributed by atoms with Crippen molar-refractivity contribution in [1.29, 1.82) is 0 Å². The van der Waals surface area contributed by atoms with Crippen molar-refractivity contribution in [2.75, 3.05) is 0 Å². The summed E-state index contributed by atoms with van der Waals surface area (Å²) in [5.74, 6) is 0.591. The van der Waals surface area contributed by atoms with Gasteiger partial charge in [0.05, 0.1) is 0 Å². The van der Waals surface area contributed by atoms with Crippen molar-refractivity contribution in [2.24, 2.45) is 0 Å². The summed E-state index contributed by atoms with van der Waals surface area (Å²) in [7, 11) is 0. The van der Waals surface area contributed by atoms with E-state index in [1.54, 1.807) is 0 Å². The Bertz CT molecular complexity index is 474. The number of carbonyl (C=O) groups is 1. The monoisotopic (exact) mass is 276 g/mol. The standard InChI is InChI=1S/C16H24N2O2/c1-11-6-5-7-12(8-11)13-9-14(10-13)17-18-15(19)20-16(2,3)4/h5-8,13-14,17H,9-10H2,1-4H3,(H,18,19). The Balaban J connectivity index is 1.71. The lowest BCUT2D eigenvalue weighted by atomic mass is 9.76. The van der Waals surface area contributed by atoms with Gasteiger partial charge in [0.1, 0.15) is 5.60 Å². The third kappa shape index (κ3) is 4.23. The maximum Gasteiger partial charge on any atom is 0.422 e. The fourth-order valence-corrected chi connectivity index (χ4v) is 2.40. The van der Waals surface area contributed by atoms with Gasteiger partial charge in [0.15, 0.2) is 0 Å². The number of hydrazine groups is 1. The van der Waals surface area contributed by atoms with Gasteiger partial charge in [-0.15, -0.1) is 0 Å². The van der Waals surface area contributed by atoms with Gasteiger partial charge in [0.2, 0.25) is 0 Å². The van der Waals surface area contributed by atoms with E-state index >= 15 is 0 Å². The van der Waals surface area contributed by atoms with Crippen LogP contribution in [-0.4, -0.2) is 17.7 Å². The number of hydrogen-bond acceptors (Lipinski definition) is 3. The molecule has 1 amide bonds. The van der Waals surface area contributed by atoms with E-state index in [0.717, 1.165) is 12.8 Å². The first-order valence-electron chi connectivity index (χ1n) is 7.14. The second kappa shape index (κ2) is 5.83. The summed E-state index contributed by atoms with van der Waals surface area (Å²) in [5, 5.41) is 0. The number of amides is 1. The molecule has 0 bridgehead atoms. The lowest BCUT2D eigenvalue weighted by Gasteiger charge is -2.36. The third-order valence-corrected chi connectivity index (χ3v) is 3.43. The molecule has 4 heteroatoms. The molecule has 1 fully saturated rings. The van der Waals surface area contributed by atoms with Crippen LogP contribution in [-0.2, 0) is 4.74 Å². The highest BCUT2D eigenvalue weighted by Gasteiger charge is 2.30. The average Bonchev–Trinajstić information content (AvgIpc) is 2.24. The van der Waals surface area contributed by atoms with Crippen molar-refractivity contribution in [3.63, 3.8) is 0 Å². The summed E-state index contributed by atoms with van der Waals surface area (Å²) in [6, 6.07) is 8.96. The maximum atomic E-state index is 11.5. The van der Waals surface area contributed by atoms with Crippen LogP contribution in [0.15, 0.2) is 24.3 Å². The highest BCUT2D eigenvalue weighted by atomic mass is 16.6. The fraction of sp³-hybridized carbons (Fsp3) is 0.562. The number of benzene rings is 1. The molecule has 1 aromatic rings. The summed E-state index contributed by atoms with van der Waals surface area (Å²) >= 11 is 0. The predicted molar refractivity (Wildman–Crippen MR) is 79.4 cm³/mol. The summed E-state index contributed by atoms with van der Waals surface area (Å²) in [6.45, 7) is 7.67. The van der Waals surface area contributed by atoms with Crippen molar-refractivity contribution >= 4 is 6.09 Å². The topological polar surface area (TPSA) is 50.4 Å². The number of rotatable bonds is 3. The van der Waals surface area contributed by atoms with E-state index in [9.17, 15) is 4.79 Å². The van der Waals surface area contributed by atoms with Gasteiger partial charge in [-0.3, -0.25) is 5.43 Å². The summed E-state index contributed by atoms with van der Waals surface area (Å²) in [6.07, 6.45) is 1.66. The van der Waals surface area contributed by atoms with Crippen LogP contribution < -0.4 is 10.9 Å². The largest absolute Gasteiger partial charge is 0.443 e. The minimum atomic E-state index is -0.463. The number of hydrogen-bond donors (Lipinski definition) is 2. The van der Waals surface area contributed by atoms with Crippen LogP contribution >= 0.6 is 0 Å². The first-order chi connectivity index (χ1) is 9.33. The van der Waals surface area contributed by atoms with Crippen LogP contribution in [0, 0.1) is 6.92 Å². The lowest BCUT2D eigenvalue weighted by molar-refractivity contribution is 0.0471. The van der Waals surface area contributed by atoms with Crippen molar-refractivity contribution in [1.82, 2.24) is 10.9 Å². The van der Waals surface area contributed by atoms with Gasteiger partial charge in [0, 0.05) is 6.04 Å². The quantitative estimate of drug-likeness (QED) is 0.833. The van der Waals surface area contributed by atoms with Gasteiger partial charge in [-0.1, -0.05) is 29.8 Å². The Labute approximate surface area is 120 Å². The molecule has 0 heterocycles. The Morgan fingerprint density at radius 3 is 2.60 bits per heavy atom. The molecular formula is C16H24N2O2. The minimum Gasteiger partial charge on any atom is -0.443 e. The Kier molecular flexibility index (Phi) is 4.33. The van der Waals surface area contributed by atoms with Gasteiger partial charge < -0.3 is 4.74 Å². The number of aryl methyl sites for hydroxylation is 1. The van der Waals surface area contributed by atoms with E-state index in [0.29, 0.717) is 12.0 Å². The summed E-state index contributed by atoms with van der Waals surface area (Å²) in [4.78, 5) is 11.5. The molecule has 0 aromatic heterocycles. The molecule has 0 radical (unpaired) electrons. The van der Waals surface area contributed by atoms with E-state index in [4.69, 9.17) is 4.74 Å². The molecule has 2 rings (SSSR count). The zero-order chi connectivity index (χ0) is 14.8. The van der Waals surface area contributed by atoms with Crippen molar-refractivity contribution < 1.29 is 9.53 Å². The van der Waals surface area contributed by atoms with E-state index in [2.05, 4.69) is 42.0 Å². The highest BCUT2D eigenvalue weighted by molar-refractivity contribution is 5.67. The zero-order valence-electron chi connectivity index (χ0n) is 12.7. The SMILES string of the molecule is Cc1cccc(C2CC(NNC(=O)OC(C)(C)C)C2)c1. The number of nitrogens with one attached hydrogen (secondary N) is 2. The highest BCUT2D eigenvalue weighted by Crippen LogP contribution is 2.36. The molecule has 1 saturated carbocycles. The van der Waals surface area contributed by atoms with Crippen LogP contribution in [0.4, 0.5) is 4.79 Å².